The van der Waals surface area contributed by atoms with E-state index in [4.69, 9.17) is 8.94 Å². The van der Waals surface area contributed by atoms with E-state index in [1.807, 2.05) is 0 Å². The Morgan fingerprint density at radius 2 is 1.91 bits per heavy atom. The molecule has 1 atom stereocenters. The fourth-order valence-electron chi connectivity index (χ4n) is 4.00. The molecule has 1 amide bonds. The van der Waals surface area contributed by atoms with E-state index in [0.29, 0.717) is 35.7 Å². The zero-order chi connectivity index (χ0) is 24.5. The van der Waals surface area contributed by atoms with Gasteiger partial charge < -0.3 is 13.8 Å². The van der Waals surface area contributed by atoms with Crippen LogP contribution in [0.15, 0.2) is 56.3 Å². The highest BCUT2D eigenvalue weighted by atomic mass is 32.2. The number of carbonyl (C=O) groups excluding carboxylic acids is 1. The predicted molar refractivity (Wildman–Crippen MR) is 125 cm³/mol. The number of carbonyl (C=O) groups is 1. The molecule has 11 heteroatoms. The van der Waals surface area contributed by atoms with Crippen LogP contribution in [0, 0.1) is 6.92 Å². The molecule has 0 N–H and O–H groups in total. The second-order valence-corrected chi connectivity index (χ2v) is 12.8. The molecule has 0 aliphatic carbocycles. The average Bonchev–Trinajstić information content (AvgIpc) is 3.51. The van der Waals surface area contributed by atoms with Crippen molar-refractivity contribution in [1.29, 1.82) is 0 Å². The third-order valence-corrected chi connectivity index (χ3v) is 9.42. The maximum atomic E-state index is 13.3. The molecule has 34 heavy (non-hydrogen) atoms. The molecule has 1 aliphatic rings. The molecule has 1 aromatic carbocycles. The molecular weight excluding hydrogens is 480 g/mol. The number of hydrogen-bond acceptors (Lipinski definition) is 8. The highest BCUT2D eigenvalue weighted by Gasteiger charge is 2.36. The molecule has 182 valence electrons. The Morgan fingerprint density at radius 3 is 2.50 bits per heavy atom. The summed E-state index contributed by atoms with van der Waals surface area (Å²) in [6.45, 7) is 3.70. The summed E-state index contributed by atoms with van der Waals surface area (Å²) in [5, 5.41) is 3.90. The van der Waals surface area contributed by atoms with E-state index in [9.17, 15) is 21.6 Å². The highest BCUT2D eigenvalue weighted by molar-refractivity contribution is 7.91. The SMILES string of the molecule is CCCS(=O)(=O)c1ccc(-c2cc(C(=O)N(Cc3ccc(C)o3)C3CCS(=O)(=O)C3)no2)cc1. The van der Waals surface area contributed by atoms with Gasteiger partial charge in [-0.15, -0.1) is 0 Å². The van der Waals surface area contributed by atoms with Gasteiger partial charge in [0, 0.05) is 17.7 Å². The van der Waals surface area contributed by atoms with E-state index >= 15 is 0 Å². The van der Waals surface area contributed by atoms with Crippen molar-refractivity contribution in [3.63, 3.8) is 0 Å². The summed E-state index contributed by atoms with van der Waals surface area (Å²) < 4.78 is 59.5. The lowest BCUT2D eigenvalue weighted by atomic mass is 10.1. The second-order valence-electron chi connectivity index (χ2n) is 8.42. The standard InChI is InChI=1S/C23H26N2O7S2/c1-3-11-34(29,30)20-8-5-17(6-9-20)22-13-21(24-32-22)23(26)25(14-19-7-4-16(2)31-19)18-10-12-33(27,28)15-18/h4-9,13,18H,3,10-12,14-15H2,1-2H3. The third-order valence-electron chi connectivity index (χ3n) is 5.73. The molecule has 0 bridgehead atoms. The summed E-state index contributed by atoms with van der Waals surface area (Å²) in [4.78, 5) is 15.0. The monoisotopic (exact) mass is 506 g/mol. The van der Waals surface area contributed by atoms with Gasteiger partial charge in [0.1, 0.15) is 11.5 Å². The number of benzene rings is 1. The number of rotatable bonds is 8. The van der Waals surface area contributed by atoms with E-state index in [-0.39, 0.29) is 34.4 Å². The maximum Gasteiger partial charge on any atom is 0.276 e. The van der Waals surface area contributed by atoms with Gasteiger partial charge in [-0.25, -0.2) is 16.8 Å². The van der Waals surface area contributed by atoms with Gasteiger partial charge in [-0.05, 0) is 56.2 Å². The van der Waals surface area contributed by atoms with Crippen LogP contribution >= 0.6 is 0 Å². The smallest absolute Gasteiger partial charge is 0.276 e. The third kappa shape index (κ3) is 5.25. The summed E-state index contributed by atoms with van der Waals surface area (Å²) >= 11 is 0. The van der Waals surface area contributed by atoms with Crippen molar-refractivity contribution >= 4 is 25.6 Å². The van der Waals surface area contributed by atoms with E-state index in [1.165, 1.54) is 23.1 Å². The molecule has 0 radical (unpaired) electrons. The van der Waals surface area contributed by atoms with Crippen LogP contribution in [0.1, 0.15) is 41.8 Å². The second kappa shape index (κ2) is 9.38. The van der Waals surface area contributed by atoms with E-state index in [1.54, 1.807) is 38.1 Å². The Morgan fingerprint density at radius 1 is 1.18 bits per heavy atom. The molecule has 1 saturated heterocycles. The fraction of sp³-hybridized carbons (Fsp3) is 0.391. The normalized spacial score (nSPS) is 17.6. The molecule has 0 spiro atoms. The Kier molecular flexibility index (Phi) is 6.68. The Labute approximate surface area is 198 Å². The summed E-state index contributed by atoms with van der Waals surface area (Å²) in [7, 11) is -6.56. The first-order valence-electron chi connectivity index (χ1n) is 10.9. The molecular formula is C23H26N2O7S2. The molecule has 2 aromatic heterocycles. The van der Waals surface area contributed by atoms with Gasteiger partial charge in [-0.2, -0.15) is 0 Å². The van der Waals surface area contributed by atoms with Crippen LogP contribution < -0.4 is 0 Å². The molecule has 3 aromatic rings. The van der Waals surface area contributed by atoms with Crippen LogP contribution in [0.3, 0.4) is 0 Å². The van der Waals surface area contributed by atoms with Crippen LogP contribution in [0.4, 0.5) is 0 Å². The summed E-state index contributed by atoms with van der Waals surface area (Å²) in [6.07, 6.45) is 0.861. The Bertz CT molecular complexity index is 1390. The van der Waals surface area contributed by atoms with Gasteiger partial charge in [0.05, 0.1) is 28.7 Å². The molecule has 9 nitrogen and oxygen atoms in total. The quantitative estimate of drug-likeness (QED) is 0.455. The van der Waals surface area contributed by atoms with Gasteiger partial charge in [0.15, 0.2) is 31.1 Å². The fourth-order valence-corrected chi connectivity index (χ4v) is 7.05. The van der Waals surface area contributed by atoms with Crippen molar-refractivity contribution in [2.75, 3.05) is 17.3 Å². The maximum absolute atomic E-state index is 13.3. The van der Waals surface area contributed by atoms with E-state index in [2.05, 4.69) is 5.16 Å². The van der Waals surface area contributed by atoms with Crippen molar-refractivity contribution in [3.8, 4) is 11.3 Å². The van der Waals surface area contributed by atoms with Gasteiger partial charge in [0.2, 0.25) is 0 Å². The largest absolute Gasteiger partial charge is 0.464 e. The van der Waals surface area contributed by atoms with Gasteiger partial charge in [-0.3, -0.25) is 4.79 Å². The van der Waals surface area contributed by atoms with Crippen molar-refractivity contribution < 1.29 is 30.6 Å². The number of nitrogens with zero attached hydrogens (tertiary/aromatic N) is 2. The predicted octanol–water partition coefficient (Wildman–Crippen LogP) is 3.26. The Hall–Kier alpha value is -2.92. The average molecular weight is 507 g/mol. The number of furan rings is 1. The van der Waals surface area contributed by atoms with Gasteiger partial charge in [0.25, 0.3) is 5.91 Å². The summed E-state index contributed by atoms with van der Waals surface area (Å²) in [5.41, 5.74) is 0.601. The van der Waals surface area contributed by atoms with Gasteiger partial charge in [-0.1, -0.05) is 12.1 Å². The molecule has 0 saturated carbocycles. The first-order valence-corrected chi connectivity index (χ1v) is 14.4. The first-order chi connectivity index (χ1) is 16.1. The molecule has 4 rings (SSSR count). The van der Waals surface area contributed by atoms with Gasteiger partial charge >= 0.3 is 0 Å². The summed E-state index contributed by atoms with van der Waals surface area (Å²) in [6, 6.07) is 10.7. The topological polar surface area (TPSA) is 128 Å². The molecule has 1 aliphatic heterocycles. The minimum atomic E-state index is -3.34. The minimum absolute atomic E-state index is 0.0238. The zero-order valence-electron chi connectivity index (χ0n) is 18.9. The lowest BCUT2D eigenvalue weighted by Crippen LogP contribution is -2.40. The number of aryl methyl sites for hydroxylation is 1. The highest BCUT2D eigenvalue weighted by Crippen LogP contribution is 2.26. The van der Waals surface area contributed by atoms with Crippen LogP contribution in [0.5, 0.6) is 0 Å². The van der Waals surface area contributed by atoms with Crippen molar-refractivity contribution in [2.24, 2.45) is 0 Å². The lowest BCUT2D eigenvalue weighted by Gasteiger charge is -2.26. The lowest BCUT2D eigenvalue weighted by molar-refractivity contribution is 0.0655. The van der Waals surface area contributed by atoms with E-state index in [0.717, 1.165) is 0 Å². The van der Waals surface area contributed by atoms with Crippen LogP contribution in [0.2, 0.25) is 0 Å². The number of hydrogen-bond donors (Lipinski definition) is 0. The molecule has 1 fully saturated rings. The van der Waals surface area contributed by atoms with Crippen LogP contribution in [-0.2, 0) is 26.2 Å². The van der Waals surface area contributed by atoms with Crippen molar-refractivity contribution in [3.05, 3.63) is 59.7 Å². The van der Waals surface area contributed by atoms with E-state index < -0.39 is 31.6 Å². The number of amides is 1. The summed E-state index contributed by atoms with van der Waals surface area (Å²) in [5.74, 6) is 1.04. The molecule has 1 unspecified atom stereocenters. The van der Waals surface area contributed by atoms with Crippen molar-refractivity contribution in [2.45, 2.75) is 44.2 Å². The zero-order valence-corrected chi connectivity index (χ0v) is 20.6. The van der Waals surface area contributed by atoms with Crippen molar-refractivity contribution in [1.82, 2.24) is 10.1 Å². The Balaban J connectivity index is 1.58. The minimum Gasteiger partial charge on any atom is -0.464 e. The number of aromatic nitrogens is 1. The molecule has 3 heterocycles. The van der Waals surface area contributed by atoms with Crippen LogP contribution in [0.25, 0.3) is 11.3 Å². The van der Waals surface area contributed by atoms with Crippen LogP contribution in [-0.4, -0.2) is 56.1 Å². The number of sulfone groups is 2. The first kappa shape index (κ1) is 24.2.